The molecular weight excluding hydrogens is 268 g/mol. The maximum atomic E-state index is 11.9. The molecule has 21 heavy (non-hydrogen) atoms. The number of amides is 1. The molecule has 2 aliphatic rings. The van der Waals surface area contributed by atoms with Gasteiger partial charge in [-0.05, 0) is 49.5 Å². The summed E-state index contributed by atoms with van der Waals surface area (Å²) in [5.74, 6) is 2.33. The predicted octanol–water partition coefficient (Wildman–Crippen LogP) is 1.46. The number of rotatable bonds is 5. The van der Waals surface area contributed by atoms with Gasteiger partial charge in [-0.3, -0.25) is 4.79 Å². The molecule has 1 unspecified atom stereocenters. The zero-order valence-electron chi connectivity index (χ0n) is 12.2. The summed E-state index contributed by atoms with van der Waals surface area (Å²) >= 11 is 0. The van der Waals surface area contributed by atoms with Crippen LogP contribution in [0.5, 0.6) is 11.5 Å². The predicted molar refractivity (Wildman–Crippen MR) is 79.5 cm³/mol. The molecular formula is C16H22N2O3. The van der Waals surface area contributed by atoms with E-state index in [0.717, 1.165) is 36.6 Å². The van der Waals surface area contributed by atoms with Gasteiger partial charge in [-0.25, -0.2) is 0 Å². The van der Waals surface area contributed by atoms with Crippen molar-refractivity contribution in [3.05, 3.63) is 23.8 Å². The molecule has 0 spiro atoms. The van der Waals surface area contributed by atoms with Gasteiger partial charge in [0.2, 0.25) is 5.91 Å². The van der Waals surface area contributed by atoms with E-state index in [4.69, 9.17) is 9.47 Å². The SMILES string of the molecule is O=C(CCC1CCNC1)NCc1ccc2c(c1)OCCO2. The average molecular weight is 290 g/mol. The lowest BCUT2D eigenvalue weighted by molar-refractivity contribution is -0.121. The third-order valence-electron chi connectivity index (χ3n) is 4.04. The number of nitrogens with one attached hydrogen (secondary N) is 2. The molecule has 1 amide bonds. The van der Waals surface area contributed by atoms with Gasteiger partial charge in [-0.15, -0.1) is 0 Å². The fourth-order valence-electron chi connectivity index (χ4n) is 2.78. The number of fused-ring (bicyclic) bond motifs is 1. The Bertz CT molecular complexity index is 498. The first-order chi connectivity index (χ1) is 10.3. The highest BCUT2D eigenvalue weighted by atomic mass is 16.6. The first-order valence-electron chi connectivity index (χ1n) is 7.67. The zero-order valence-corrected chi connectivity index (χ0v) is 12.2. The van der Waals surface area contributed by atoms with E-state index in [1.807, 2.05) is 18.2 Å². The molecule has 3 rings (SSSR count). The van der Waals surface area contributed by atoms with Gasteiger partial charge >= 0.3 is 0 Å². The molecule has 0 aromatic heterocycles. The zero-order chi connectivity index (χ0) is 14.5. The van der Waals surface area contributed by atoms with Crippen molar-refractivity contribution in [3.63, 3.8) is 0 Å². The molecule has 2 heterocycles. The van der Waals surface area contributed by atoms with Crippen LogP contribution in [-0.4, -0.2) is 32.2 Å². The quantitative estimate of drug-likeness (QED) is 0.862. The average Bonchev–Trinajstić information content (AvgIpc) is 3.04. The molecule has 5 heteroatoms. The van der Waals surface area contributed by atoms with Crippen molar-refractivity contribution in [1.82, 2.24) is 10.6 Å². The second-order valence-corrected chi connectivity index (χ2v) is 5.65. The molecule has 2 N–H and O–H groups in total. The highest BCUT2D eigenvalue weighted by Gasteiger charge is 2.16. The van der Waals surface area contributed by atoms with E-state index in [-0.39, 0.29) is 5.91 Å². The smallest absolute Gasteiger partial charge is 0.220 e. The maximum absolute atomic E-state index is 11.9. The lowest BCUT2D eigenvalue weighted by Crippen LogP contribution is -2.23. The van der Waals surface area contributed by atoms with Gasteiger partial charge < -0.3 is 20.1 Å². The van der Waals surface area contributed by atoms with E-state index in [1.54, 1.807) is 0 Å². The van der Waals surface area contributed by atoms with Crippen LogP contribution in [0.4, 0.5) is 0 Å². The molecule has 1 saturated heterocycles. The summed E-state index contributed by atoms with van der Waals surface area (Å²) in [4.78, 5) is 11.9. The minimum Gasteiger partial charge on any atom is -0.486 e. The summed E-state index contributed by atoms with van der Waals surface area (Å²) in [7, 11) is 0. The molecule has 1 aromatic rings. The Hall–Kier alpha value is -1.75. The molecule has 1 fully saturated rings. The topological polar surface area (TPSA) is 59.6 Å². The standard InChI is InChI=1S/C16H22N2O3/c19-16(4-2-12-5-6-17-10-12)18-11-13-1-3-14-15(9-13)21-8-7-20-14/h1,3,9,12,17H,2,4-8,10-11H2,(H,18,19). The number of benzene rings is 1. The summed E-state index contributed by atoms with van der Waals surface area (Å²) in [6.45, 7) is 3.86. The van der Waals surface area contributed by atoms with Crippen LogP contribution < -0.4 is 20.1 Å². The first kappa shape index (κ1) is 14.2. The number of carbonyl (C=O) groups excluding carboxylic acids is 1. The molecule has 0 radical (unpaired) electrons. The van der Waals surface area contributed by atoms with Crippen LogP contribution in [0.3, 0.4) is 0 Å². The van der Waals surface area contributed by atoms with Crippen LogP contribution in [0, 0.1) is 5.92 Å². The normalized spacial score (nSPS) is 20.3. The molecule has 1 atom stereocenters. The minimum absolute atomic E-state index is 0.122. The molecule has 0 aliphatic carbocycles. The van der Waals surface area contributed by atoms with Crippen molar-refractivity contribution in [2.75, 3.05) is 26.3 Å². The van der Waals surface area contributed by atoms with Gasteiger partial charge in [-0.2, -0.15) is 0 Å². The Labute approximate surface area is 125 Å². The summed E-state index contributed by atoms with van der Waals surface area (Å²) in [5, 5.41) is 6.30. The van der Waals surface area contributed by atoms with E-state index in [2.05, 4.69) is 10.6 Å². The molecule has 2 aliphatic heterocycles. The fraction of sp³-hybridized carbons (Fsp3) is 0.562. The van der Waals surface area contributed by atoms with Gasteiger partial charge in [0.15, 0.2) is 11.5 Å². The van der Waals surface area contributed by atoms with Crippen molar-refractivity contribution in [1.29, 1.82) is 0 Å². The van der Waals surface area contributed by atoms with E-state index < -0.39 is 0 Å². The Kier molecular flexibility index (Phi) is 4.60. The number of carbonyl (C=O) groups is 1. The lowest BCUT2D eigenvalue weighted by Gasteiger charge is -2.19. The van der Waals surface area contributed by atoms with E-state index in [0.29, 0.717) is 32.1 Å². The van der Waals surface area contributed by atoms with Gasteiger partial charge in [0.1, 0.15) is 13.2 Å². The third kappa shape index (κ3) is 3.88. The van der Waals surface area contributed by atoms with Crippen LogP contribution in [0.1, 0.15) is 24.8 Å². The van der Waals surface area contributed by atoms with Crippen molar-refractivity contribution in [2.45, 2.75) is 25.8 Å². The Morgan fingerprint density at radius 3 is 2.95 bits per heavy atom. The van der Waals surface area contributed by atoms with Crippen molar-refractivity contribution in [3.8, 4) is 11.5 Å². The fourth-order valence-corrected chi connectivity index (χ4v) is 2.78. The van der Waals surface area contributed by atoms with Crippen LogP contribution in [0.15, 0.2) is 18.2 Å². The van der Waals surface area contributed by atoms with E-state index in [1.165, 1.54) is 6.42 Å². The van der Waals surface area contributed by atoms with Gasteiger partial charge in [-0.1, -0.05) is 6.07 Å². The summed E-state index contributed by atoms with van der Waals surface area (Å²) in [6, 6.07) is 5.81. The lowest BCUT2D eigenvalue weighted by atomic mass is 10.0. The summed E-state index contributed by atoms with van der Waals surface area (Å²) < 4.78 is 11.0. The number of ether oxygens (including phenoxy) is 2. The van der Waals surface area contributed by atoms with Crippen LogP contribution >= 0.6 is 0 Å². The molecule has 114 valence electrons. The van der Waals surface area contributed by atoms with Crippen LogP contribution in [0.2, 0.25) is 0 Å². The van der Waals surface area contributed by atoms with Gasteiger partial charge in [0.25, 0.3) is 0 Å². The largest absolute Gasteiger partial charge is 0.486 e. The number of hydrogen-bond donors (Lipinski definition) is 2. The Balaban J connectivity index is 1.44. The van der Waals surface area contributed by atoms with Crippen LogP contribution in [-0.2, 0) is 11.3 Å². The van der Waals surface area contributed by atoms with Gasteiger partial charge in [0, 0.05) is 13.0 Å². The molecule has 0 bridgehead atoms. The van der Waals surface area contributed by atoms with Crippen molar-refractivity contribution < 1.29 is 14.3 Å². The highest BCUT2D eigenvalue weighted by molar-refractivity contribution is 5.75. The minimum atomic E-state index is 0.122. The van der Waals surface area contributed by atoms with Crippen molar-refractivity contribution in [2.24, 2.45) is 5.92 Å². The Morgan fingerprint density at radius 1 is 1.29 bits per heavy atom. The maximum Gasteiger partial charge on any atom is 0.220 e. The first-order valence-corrected chi connectivity index (χ1v) is 7.67. The third-order valence-corrected chi connectivity index (χ3v) is 4.04. The summed E-state index contributed by atoms with van der Waals surface area (Å²) in [5.41, 5.74) is 1.04. The van der Waals surface area contributed by atoms with Gasteiger partial charge in [0.05, 0.1) is 0 Å². The van der Waals surface area contributed by atoms with E-state index >= 15 is 0 Å². The molecule has 0 saturated carbocycles. The number of hydrogen-bond acceptors (Lipinski definition) is 4. The highest BCUT2D eigenvalue weighted by Crippen LogP contribution is 2.30. The molecule has 5 nitrogen and oxygen atoms in total. The van der Waals surface area contributed by atoms with Crippen LogP contribution in [0.25, 0.3) is 0 Å². The van der Waals surface area contributed by atoms with Crippen molar-refractivity contribution >= 4 is 5.91 Å². The monoisotopic (exact) mass is 290 g/mol. The second-order valence-electron chi connectivity index (χ2n) is 5.65. The summed E-state index contributed by atoms with van der Waals surface area (Å²) in [6.07, 6.45) is 2.77. The van der Waals surface area contributed by atoms with E-state index in [9.17, 15) is 4.79 Å². The Morgan fingerprint density at radius 2 is 2.14 bits per heavy atom. The molecule has 1 aromatic carbocycles. The second kappa shape index (κ2) is 6.80.